The lowest BCUT2D eigenvalue weighted by Gasteiger charge is -2.11. The topological polar surface area (TPSA) is 72.2 Å². The van der Waals surface area contributed by atoms with E-state index < -0.39 is 20.7 Å². The molecule has 0 saturated carbocycles. The highest BCUT2D eigenvalue weighted by atomic mass is 79.9. The normalized spacial score (nSPS) is 11.4. The van der Waals surface area contributed by atoms with Gasteiger partial charge in [-0.25, -0.2) is 12.8 Å². The molecule has 0 spiro atoms. The quantitative estimate of drug-likeness (QED) is 0.767. The second-order valence-corrected chi connectivity index (χ2v) is 7.62. The molecule has 0 aromatic heterocycles. The lowest BCUT2D eigenvalue weighted by Crippen LogP contribution is -2.15. The first kappa shape index (κ1) is 16.4. The van der Waals surface area contributed by atoms with Crippen molar-refractivity contribution in [3.8, 4) is 0 Å². The largest absolute Gasteiger partial charge is 0.326 e. The molecule has 21 heavy (non-hydrogen) atoms. The SMILES string of the molecule is NCc1ccc(F)c(S(=O)(=O)Nc2ccc(Br)cc2Br)c1. The van der Waals surface area contributed by atoms with Crippen molar-refractivity contribution in [1.82, 2.24) is 0 Å². The summed E-state index contributed by atoms with van der Waals surface area (Å²) in [6.07, 6.45) is 0. The summed E-state index contributed by atoms with van der Waals surface area (Å²) in [6, 6.07) is 8.69. The molecule has 0 aliphatic heterocycles. The maximum absolute atomic E-state index is 13.8. The van der Waals surface area contributed by atoms with Gasteiger partial charge in [0.2, 0.25) is 0 Å². The summed E-state index contributed by atoms with van der Waals surface area (Å²) in [4.78, 5) is -0.430. The van der Waals surface area contributed by atoms with Gasteiger partial charge in [0.25, 0.3) is 10.0 Å². The number of rotatable bonds is 4. The van der Waals surface area contributed by atoms with Crippen LogP contribution >= 0.6 is 31.9 Å². The van der Waals surface area contributed by atoms with E-state index >= 15 is 0 Å². The Morgan fingerprint density at radius 2 is 1.86 bits per heavy atom. The Labute approximate surface area is 138 Å². The zero-order valence-corrected chi connectivity index (χ0v) is 14.6. The molecule has 0 aliphatic carbocycles. The van der Waals surface area contributed by atoms with E-state index in [0.717, 1.165) is 10.5 Å². The molecule has 0 saturated heterocycles. The van der Waals surface area contributed by atoms with Gasteiger partial charge in [0, 0.05) is 15.5 Å². The minimum atomic E-state index is -4.04. The number of hydrogen-bond acceptors (Lipinski definition) is 3. The number of sulfonamides is 1. The Balaban J connectivity index is 2.43. The van der Waals surface area contributed by atoms with Gasteiger partial charge in [0.05, 0.1) is 5.69 Å². The van der Waals surface area contributed by atoms with Crippen molar-refractivity contribution < 1.29 is 12.8 Å². The average molecular weight is 438 g/mol. The van der Waals surface area contributed by atoms with Gasteiger partial charge in [-0.1, -0.05) is 22.0 Å². The maximum Gasteiger partial charge on any atom is 0.264 e. The van der Waals surface area contributed by atoms with Crippen molar-refractivity contribution in [2.24, 2.45) is 5.73 Å². The molecule has 3 N–H and O–H groups in total. The van der Waals surface area contributed by atoms with Gasteiger partial charge in [-0.2, -0.15) is 0 Å². The van der Waals surface area contributed by atoms with E-state index in [-0.39, 0.29) is 6.54 Å². The molecule has 2 aromatic carbocycles. The highest BCUT2D eigenvalue weighted by Crippen LogP contribution is 2.29. The van der Waals surface area contributed by atoms with E-state index in [1.165, 1.54) is 12.1 Å². The van der Waals surface area contributed by atoms with Crippen LogP contribution in [0.3, 0.4) is 0 Å². The van der Waals surface area contributed by atoms with Gasteiger partial charge in [-0.3, -0.25) is 4.72 Å². The molecule has 0 fully saturated rings. The highest BCUT2D eigenvalue weighted by molar-refractivity contribution is 9.11. The van der Waals surface area contributed by atoms with Crippen LogP contribution in [0.15, 0.2) is 50.2 Å². The zero-order valence-electron chi connectivity index (χ0n) is 10.6. The van der Waals surface area contributed by atoms with Crippen molar-refractivity contribution in [3.63, 3.8) is 0 Å². The standard InChI is InChI=1S/C13H11Br2FN2O2S/c14-9-2-4-12(10(15)6-9)18-21(19,20)13-5-8(7-17)1-3-11(13)16/h1-6,18H,7,17H2. The van der Waals surface area contributed by atoms with E-state index in [2.05, 4.69) is 36.6 Å². The van der Waals surface area contributed by atoms with Crippen LogP contribution in [0.25, 0.3) is 0 Å². The lowest BCUT2D eigenvalue weighted by atomic mass is 10.2. The molecule has 0 atom stereocenters. The molecule has 0 bridgehead atoms. The van der Waals surface area contributed by atoms with Crippen LogP contribution in [-0.2, 0) is 16.6 Å². The Kier molecular flexibility index (Phi) is 5.03. The zero-order chi connectivity index (χ0) is 15.6. The first-order valence-electron chi connectivity index (χ1n) is 5.80. The van der Waals surface area contributed by atoms with Crippen LogP contribution in [0.5, 0.6) is 0 Å². The molecule has 0 aliphatic rings. The van der Waals surface area contributed by atoms with Crippen molar-refractivity contribution in [2.45, 2.75) is 11.4 Å². The first-order chi connectivity index (χ1) is 9.83. The third kappa shape index (κ3) is 3.82. The Hall–Kier alpha value is -0.960. The summed E-state index contributed by atoms with van der Waals surface area (Å²) < 4.78 is 42.1. The van der Waals surface area contributed by atoms with E-state index in [9.17, 15) is 12.8 Å². The Morgan fingerprint density at radius 1 is 1.14 bits per heavy atom. The molecular weight excluding hydrogens is 427 g/mol. The number of anilines is 1. The van der Waals surface area contributed by atoms with Gasteiger partial charge in [-0.15, -0.1) is 0 Å². The van der Waals surface area contributed by atoms with Gasteiger partial charge in [-0.05, 0) is 51.8 Å². The monoisotopic (exact) mass is 436 g/mol. The second-order valence-electron chi connectivity index (χ2n) is 4.20. The van der Waals surface area contributed by atoms with E-state index in [1.807, 2.05) is 0 Å². The van der Waals surface area contributed by atoms with Crippen LogP contribution in [0.4, 0.5) is 10.1 Å². The van der Waals surface area contributed by atoms with Gasteiger partial charge >= 0.3 is 0 Å². The van der Waals surface area contributed by atoms with Crippen LogP contribution in [-0.4, -0.2) is 8.42 Å². The molecule has 2 aromatic rings. The number of hydrogen-bond donors (Lipinski definition) is 2. The summed E-state index contributed by atoms with van der Waals surface area (Å²) >= 11 is 6.52. The van der Waals surface area contributed by atoms with Crippen molar-refractivity contribution >= 4 is 47.6 Å². The number of nitrogens with two attached hydrogens (primary N) is 1. The fourth-order valence-electron chi connectivity index (χ4n) is 1.65. The van der Waals surface area contributed by atoms with Gasteiger partial charge in [0.1, 0.15) is 10.7 Å². The molecule has 112 valence electrons. The number of halogens is 3. The third-order valence-electron chi connectivity index (χ3n) is 2.70. The molecule has 4 nitrogen and oxygen atoms in total. The first-order valence-corrected chi connectivity index (χ1v) is 8.87. The number of benzene rings is 2. The van der Waals surface area contributed by atoms with Crippen LogP contribution < -0.4 is 10.5 Å². The number of nitrogens with one attached hydrogen (secondary N) is 1. The van der Waals surface area contributed by atoms with Crippen LogP contribution in [0, 0.1) is 5.82 Å². The minimum absolute atomic E-state index is 0.130. The predicted molar refractivity (Wildman–Crippen MR) is 86.9 cm³/mol. The summed E-state index contributed by atoms with van der Waals surface area (Å²) in [6.45, 7) is 0.130. The molecule has 0 unspecified atom stereocenters. The molecule has 0 heterocycles. The van der Waals surface area contributed by atoms with Crippen molar-refractivity contribution in [1.29, 1.82) is 0 Å². The maximum atomic E-state index is 13.8. The average Bonchev–Trinajstić information content (AvgIpc) is 2.42. The smallest absolute Gasteiger partial charge is 0.264 e. The molecule has 0 amide bonds. The predicted octanol–water partition coefficient (Wildman–Crippen LogP) is 3.61. The third-order valence-corrected chi connectivity index (χ3v) is 5.23. The minimum Gasteiger partial charge on any atom is -0.326 e. The van der Waals surface area contributed by atoms with Crippen LogP contribution in [0.2, 0.25) is 0 Å². The fraction of sp³-hybridized carbons (Fsp3) is 0.0769. The Bertz CT molecular complexity index is 782. The van der Waals surface area contributed by atoms with Crippen LogP contribution in [0.1, 0.15) is 5.56 Å². The lowest BCUT2D eigenvalue weighted by molar-refractivity contribution is 0.569. The molecule has 8 heteroatoms. The van der Waals surface area contributed by atoms with Crippen molar-refractivity contribution in [3.05, 3.63) is 56.7 Å². The fourth-order valence-corrected chi connectivity index (χ4v) is 4.14. The summed E-state index contributed by atoms with van der Waals surface area (Å²) in [5.74, 6) is -0.826. The Morgan fingerprint density at radius 3 is 2.48 bits per heavy atom. The second kappa shape index (κ2) is 6.43. The van der Waals surface area contributed by atoms with E-state index in [1.54, 1.807) is 18.2 Å². The van der Waals surface area contributed by atoms with Crippen molar-refractivity contribution in [2.75, 3.05) is 4.72 Å². The molecule has 2 rings (SSSR count). The van der Waals surface area contributed by atoms with Gasteiger partial charge in [0.15, 0.2) is 0 Å². The van der Waals surface area contributed by atoms with Gasteiger partial charge < -0.3 is 5.73 Å². The van der Waals surface area contributed by atoms with E-state index in [4.69, 9.17) is 5.73 Å². The molecule has 0 radical (unpaired) electrons. The molecular formula is C13H11Br2FN2O2S. The van der Waals surface area contributed by atoms with E-state index in [0.29, 0.717) is 15.7 Å². The summed E-state index contributed by atoms with van der Waals surface area (Å²) in [5, 5.41) is 0. The summed E-state index contributed by atoms with van der Waals surface area (Å²) in [7, 11) is -4.04. The summed E-state index contributed by atoms with van der Waals surface area (Å²) in [5.41, 5.74) is 6.30. The highest BCUT2D eigenvalue weighted by Gasteiger charge is 2.20.